The van der Waals surface area contributed by atoms with Crippen LogP contribution >= 0.6 is 0 Å². The molecule has 6 nitrogen and oxygen atoms in total. The third-order valence-corrected chi connectivity index (χ3v) is 11.3. The van der Waals surface area contributed by atoms with Crippen molar-refractivity contribution in [3.05, 3.63) is 0 Å². The summed E-state index contributed by atoms with van der Waals surface area (Å²) in [5.74, 6) is 3.08. The van der Waals surface area contributed by atoms with Gasteiger partial charge in [-0.2, -0.15) is 0 Å². The summed E-state index contributed by atoms with van der Waals surface area (Å²) in [5.41, 5.74) is 12.0. The van der Waals surface area contributed by atoms with E-state index in [1.54, 1.807) is 0 Å². The summed E-state index contributed by atoms with van der Waals surface area (Å²) in [6.07, 6.45) is 8.75. The molecule has 0 radical (unpaired) electrons. The van der Waals surface area contributed by atoms with Crippen molar-refractivity contribution >= 4 is 0 Å². The minimum atomic E-state index is -0.444. The van der Waals surface area contributed by atoms with E-state index in [0.717, 1.165) is 38.9 Å². The maximum atomic E-state index is 6.72. The third kappa shape index (κ3) is 3.73. The van der Waals surface area contributed by atoms with Crippen molar-refractivity contribution in [2.75, 3.05) is 39.5 Å². The monoisotopic (exact) mass is 478 g/mol. The van der Waals surface area contributed by atoms with Crippen molar-refractivity contribution in [2.24, 2.45) is 57.8 Å². The zero-order valence-electron chi connectivity index (χ0n) is 22.1. The van der Waals surface area contributed by atoms with Gasteiger partial charge in [0, 0.05) is 24.9 Å². The molecule has 0 amide bonds. The molecule has 5 aliphatic rings. The first-order valence-corrected chi connectivity index (χ1v) is 14.2. The normalized spacial score (nSPS) is 47.6. The lowest BCUT2D eigenvalue weighted by Gasteiger charge is -2.66. The van der Waals surface area contributed by atoms with E-state index in [2.05, 4.69) is 27.7 Å². The van der Waals surface area contributed by atoms with Gasteiger partial charge in [0.25, 0.3) is 0 Å². The molecule has 1 aliphatic heterocycles. The van der Waals surface area contributed by atoms with E-state index in [4.69, 9.17) is 30.4 Å². The summed E-state index contributed by atoms with van der Waals surface area (Å²) in [5, 5.41) is 0. The van der Waals surface area contributed by atoms with Crippen molar-refractivity contribution in [3.8, 4) is 0 Å². The minimum absolute atomic E-state index is 0.0355. The quantitative estimate of drug-likeness (QED) is 0.576. The van der Waals surface area contributed by atoms with Gasteiger partial charge in [-0.15, -0.1) is 0 Å². The Morgan fingerprint density at radius 1 is 0.912 bits per heavy atom. The van der Waals surface area contributed by atoms with E-state index in [9.17, 15) is 0 Å². The Kier molecular flexibility index (Phi) is 7.15. The highest BCUT2D eigenvalue weighted by atomic mass is 16.7. The second-order valence-corrected chi connectivity index (χ2v) is 12.8. The molecule has 0 aromatic rings. The van der Waals surface area contributed by atoms with Gasteiger partial charge >= 0.3 is 0 Å². The molecular weight excluding hydrogens is 428 g/mol. The molecule has 0 bridgehead atoms. The van der Waals surface area contributed by atoms with Crippen molar-refractivity contribution in [2.45, 2.75) is 90.6 Å². The van der Waals surface area contributed by atoms with Crippen LogP contribution in [0.3, 0.4) is 0 Å². The summed E-state index contributed by atoms with van der Waals surface area (Å²) in [6, 6.07) is 0. The van der Waals surface area contributed by atoms with E-state index in [1.807, 2.05) is 0 Å². The smallest absolute Gasteiger partial charge is 0.174 e. The zero-order valence-corrected chi connectivity index (χ0v) is 22.1. The predicted octanol–water partition coefficient (Wildman–Crippen LogP) is 3.95. The fraction of sp³-hybridized carbons (Fsp3) is 1.00. The molecule has 0 aromatic heterocycles. The Hall–Kier alpha value is -0.240. The summed E-state index contributed by atoms with van der Waals surface area (Å²) in [4.78, 5) is 0. The number of hydrogen-bond donors (Lipinski definition) is 2. The van der Waals surface area contributed by atoms with Crippen LogP contribution in [0.2, 0.25) is 0 Å². The van der Waals surface area contributed by atoms with Crippen molar-refractivity contribution in [1.29, 1.82) is 0 Å². The van der Waals surface area contributed by atoms with E-state index >= 15 is 0 Å². The number of nitrogens with two attached hydrogens (primary N) is 2. The Balaban J connectivity index is 1.52. The average Bonchev–Trinajstić information content (AvgIpc) is 3.43. The number of ether oxygens (including phenoxy) is 4. The SMILES string of the molecule is CC(C)[C@H]1CC[C@H]2C3C(OCCN)CC4C[C@H](OCCN)CC[C@]4(C)[C@H]3CC3(OCCO3)[C@]12C. The van der Waals surface area contributed by atoms with Gasteiger partial charge in [-0.3, -0.25) is 0 Å². The van der Waals surface area contributed by atoms with Crippen molar-refractivity contribution < 1.29 is 18.9 Å². The lowest BCUT2D eigenvalue weighted by molar-refractivity contribution is -0.325. The van der Waals surface area contributed by atoms with Crippen LogP contribution in [0.15, 0.2) is 0 Å². The molecule has 1 saturated heterocycles. The maximum absolute atomic E-state index is 6.72. The largest absolute Gasteiger partial charge is 0.377 e. The van der Waals surface area contributed by atoms with Gasteiger partial charge in [-0.25, -0.2) is 0 Å². The Labute approximate surface area is 207 Å². The first kappa shape index (κ1) is 25.4. The van der Waals surface area contributed by atoms with Crippen LogP contribution in [0, 0.1) is 46.3 Å². The van der Waals surface area contributed by atoms with Crippen LogP contribution < -0.4 is 11.5 Å². The van der Waals surface area contributed by atoms with Crippen LogP contribution in [0.4, 0.5) is 0 Å². The molecule has 5 fully saturated rings. The maximum Gasteiger partial charge on any atom is 0.174 e. The third-order valence-electron chi connectivity index (χ3n) is 11.3. The predicted molar refractivity (Wildman–Crippen MR) is 133 cm³/mol. The molecule has 4 saturated carbocycles. The molecule has 4 N–H and O–H groups in total. The number of fused-ring (bicyclic) bond motifs is 6. The van der Waals surface area contributed by atoms with Gasteiger partial charge in [0.1, 0.15) is 0 Å². The average molecular weight is 479 g/mol. The molecule has 34 heavy (non-hydrogen) atoms. The summed E-state index contributed by atoms with van der Waals surface area (Å²) < 4.78 is 26.2. The molecule has 4 aliphatic carbocycles. The van der Waals surface area contributed by atoms with E-state index in [1.165, 1.54) is 19.3 Å². The first-order valence-electron chi connectivity index (χ1n) is 14.2. The van der Waals surface area contributed by atoms with Crippen molar-refractivity contribution in [3.63, 3.8) is 0 Å². The summed E-state index contributed by atoms with van der Waals surface area (Å²) >= 11 is 0. The molecule has 5 rings (SSSR count). The Bertz CT molecular complexity index is 713. The standard InChI is InChI=1S/C28H50N2O4/c1-18(2)21-5-6-22-25-23(17-28(27(21,22)4)33-13-14-34-28)26(3)8-7-20(31-11-9-29)15-19(26)16-24(25)32-12-10-30/h18-25H,5-17,29-30H2,1-4H3/t19?,20-,21-,22+,23+,24?,25?,26+,27-/m1/s1. The molecular formula is C28H50N2O4. The van der Waals surface area contributed by atoms with Crippen LogP contribution in [0.1, 0.15) is 72.6 Å². The highest BCUT2D eigenvalue weighted by molar-refractivity contribution is 5.18. The second kappa shape index (κ2) is 9.57. The minimum Gasteiger partial charge on any atom is -0.377 e. The Morgan fingerprint density at radius 3 is 2.29 bits per heavy atom. The van der Waals surface area contributed by atoms with E-state index in [0.29, 0.717) is 67.9 Å². The molecule has 1 spiro atoms. The molecule has 9 atom stereocenters. The van der Waals surface area contributed by atoms with Crippen molar-refractivity contribution in [1.82, 2.24) is 0 Å². The van der Waals surface area contributed by atoms with Gasteiger partial charge in [0.15, 0.2) is 5.79 Å². The summed E-state index contributed by atoms with van der Waals surface area (Å²) in [7, 11) is 0. The molecule has 0 aromatic carbocycles. The van der Waals surface area contributed by atoms with Crippen LogP contribution in [0.5, 0.6) is 0 Å². The topological polar surface area (TPSA) is 89.0 Å². The van der Waals surface area contributed by atoms with Gasteiger partial charge in [0.2, 0.25) is 0 Å². The van der Waals surface area contributed by atoms with E-state index in [-0.39, 0.29) is 16.9 Å². The second-order valence-electron chi connectivity index (χ2n) is 12.8. The lowest BCUT2D eigenvalue weighted by Crippen LogP contribution is -2.67. The van der Waals surface area contributed by atoms with Gasteiger partial charge < -0.3 is 30.4 Å². The zero-order chi connectivity index (χ0) is 24.1. The van der Waals surface area contributed by atoms with Gasteiger partial charge in [-0.1, -0.05) is 27.7 Å². The van der Waals surface area contributed by atoms with Crippen LogP contribution in [-0.2, 0) is 18.9 Å². The van der Waals surface area contributed by atoms with Crippen LogP contribution in [0.25, 0.3) is 0 Å². The highest BCUT2D eigenvalue weighted by Gasteiger charge is 2.72. The number of rotatable bonds is 7. The van der Waals surface area contributed by atoms with Crippen LogP contribution in [-0.4, -0.2) is 57.5 Å². The first-order chi connectivity index (χ1) is 16.3. The fourth-order valence-corrected chi connectivity index (χ4v) is 9.87. The van der Waals surface area contributed by atoms with Gasteiger partial charge in [-0.05, 0) is 79.4 Å². The fourth-order valence-electron chi connectivity index (χ4n) is 9.87. The molecule has 3 unspecified atom stereocenters. The van der Waals surface area contributed by atoms with E-state index < -0.39 is 5.79 Å². The number of hydrogen-bond acceptors (Lipinski definition) is 6. The molecule has 1 heterocycles. The Morgan fingerprint density at radius 2 is 1.62 bits per heavy atom. The summed E-state index contributed by atoms with van der Waals surface area (Å²) in [6.45, 7) is 13.8. The molecule has 196 valence electrons. The highest BCUT2D eigenvalue weighted by Crippen LogP contribution is 2.72. The lowest BCUT2D eigenvalue weighted by atomic mass is 9.42. The molecule has 6 heteroatoms. The van der Waals surface area contributed by atoms with Gasteiger partial charge in [0.05, 0.1) is 38.6 Å².